The van der Waals surface area contributed by atoms with Gasteiger partial charge < -0.3 is 13.9 Å². The van der Waals surface area contributed by atoms with Crippen molar-refractivity contribution in [2.24, 2.45) is 0 Å². The summed E-state index contributed by atoms with van der Waals surface area (Å²) in [6.07, 6.45) is 2.79. The zero-order valence-corrected chi connectivity index (χ0v) is 18.9. The van der Waals surface area contributed by atoms with Crippen molar-refractivity contribution in [3.8, 4) is 0 Å². The Bertz CT molecular complexity index is 1320. The van der Waals surface area contributed by atoms with Gasteiger partial charge in [0, 0.05) is 5.75 Å². The molecule has 4 heterocycles. The second-order valence-corrected chi connectivity index (χ2v) is 9.47. The third kappa shape index (κ3) is 3.98. The Morgan fingerprint density at radius 2 is 1.88 bits per heavy atom. The summed E-state index contributed by atoms with van der Waals surface area (Å²) in [4.78, 5) is 27.3. The van der Waals surface area contributed by atoms with Gasteiger partial charge in [-0.2, -0.15) is 0 Å². The molecule has 0 bridgehead atoms. The molecule has 0 saturated heterocycles. The predicted octanol–water partition coefficient (Wildman–Crippen LogP) is 5.11. The molecule has 166 valence electrons. The van der Waals surface area contributed by atoms with E-state index in [1.807, 2.05) is 19.1 Å². The Morgan fingerprint density at radius 1 is 1.12 bits per heavy atom. The number of hydrogen-bond donors (Lipinski definition) is 1. The van der Waals surface area contributed by atoms with E-state index in [4.69, 9.17) is 8.83 Å². The standard InChI is InChI=1S/C23H17N3O5S2/c1-13-6-8-14(9-7-13)12-32-23-25-24-22(33-23)26-18(15-4-2-10-30-15)17(20(28)21(26)29)19(27)16-5-3-11-31-16/h2-11,18,28H,12H2,1H3. The van der Waals surface area contributed by atoms with Gasteiger partial charge in [0.25, 0.3) is 5.91 Å². The number of amides is 1. The van der Waals surface area contributed by atoms with Gasteiger partial charge in [-0.1, -0.05) is 52.9 Å². The molecule has 1 amide bonds. The van der Waals surface area contributed by atoms with Gasteiger partial charge in [-0.05, 0) is 36.8 Å². The smallest absolute Gasteiger partial charge is 0.296 e. The molecule has 0 aliphatic carbocycles. The summed E-state index contributed by atoms with van der Waals surface area (Å²) in [5.41, 5.74) is 2.19. The average Bonchev–Trinajstić information content (AvgIpc) is 3.62. The van der Waals surface area contributed by atoms with Crippen molar-refractivity contribution in [1.82, 2.24) is 10.2 Å². The molecule has 0 radical (unpaired) electrons. The molecule has 0 saturated carbocycles. The summed E-state index contributed by atoms with van der Waals surface area (Å²) >= 11 is 2.69. The van der Waals surface area contributed by atoms with Gasteiger partial charge in [0.2, 0.25) is 10.9 Å². The SMILES string of the molecule is Cc1ccc(CSc2nnc(N3C(=O)C(O)=C(C(=O)c4ccco4)C3c3ccco3)s2)cc1. The molecule has 1 aliphatic rings. The van der Waals surface area contributed by atoms with Gasteiger partial charge in [-0.25, -0.2) is 0 Å². The highest BCUT2D eigenvalue weighted by molar-refractivity contribution is 8.00. The van der Waals surface area contributed by atoms with Crippen LogP contribution in [0.1, 0.15) is 33.5 Å². The lowest BCUT2D eigenvalue weighted by molar-refractivity contribution is -0.117. The minimum atomic E-state index is -0.993. The maximum Gasteiger partial charge on any atom is 0.296 e. The van der Waals surface area contributed by atoms with E-state index in [-0.39, 0.29) is 16.5 Å². The molecule has 1 unspecified atom stereocenters. The topological polar surface area (TPSA) is 110 Å². The molecule has 1 aliphatic heterocycles. The molecule has 1 aromatic carbocycles. The molecule has 0 spiro atoms. The molecule has 5 rings (SSSR count). The Kier molecular flexibility index (Phi) is 5.61. The first-order chi connectivity index (χ1) is 16.0. The van der Waals surface area contributed by atoms with Gasteiger partial charge in [0.05, 0.1) is 18.1 Å². The largest absolute Gasteiger partial charge is 0.503 e. The summed E-state index contributed by atoms with van der Waals surface area (Å²) < 4.78 is 11.4. The van der Waals surface area contributed by atoms with Crippen molar-refractivity contribution in [3.05, 3.63) is 95.0 Å². The Labute approximate surface area is 196 Å². The number of rotatable bonds is 7. The predicted molar refractivity (Wildman–Crippen MR) is 122 cm³/mol. The lowest BCUT2D eigenvalue weighted by Crippen LogP contribution is -2.30. The number of ketones is 1. The van der Waals surface area contributed by atoms with Gasteiger partial charge in [-0.15, -0.1) is 10.2 Å². The van der Waals surface area contributed by atoms with Gasteiger partial charge >= 0.3 is 0 Å². The number of aliphatic hydroxyl groups is 1. The maximum atomic E-state index is 13.1. The number of anilines is 1. The fourth-order valence-electron chi connectivity index (χ4n) is 3.48. The van der Waals surface area contributed by atoms with Crippen LogP contribution in [0.5, 0.6) is 0 Å². The maximum absolute atomic E-state index is 13.1. The molecule has 4 aromatic rings. The minimum Gasteiger partial charge on any atom is -0.503 e. The van der Waals surface area contributed by atoms with Crippen molar-refractivity contribution in [2.45, 2.75) is 23.1 Å². The van der Waals surface area contributed by atoms with E-state index in [1.54, 1.807) is 18.2 Å². The van der Waals surface area contributed by atoms with Crippen LogP contribution in [0.15, 0.2) is 85.6 Å². The highest BCUT2D eigenvalue weighted by Gasteiger charge is 2.48. The molecule has 8 nitrogen and oxygen atoms in total. The van der Waals surface area contributed by atoms with Crippen molar-refractivity contribution in [3.63, 3.8) is 0 Å². The summed E-state index contributed by atoms with van der Waals surface area (Å²) in [7, 11) is 0. The second-order valence-electron chi connectivity index (χ2n) is 7.29. The van der Waals surface area contributed by atoms with Crippen LogP contribution < -0.4 is 4.90 Å². The van der Waals surface area contributed by atoms with Crippen molar-refractivity contribution < 1.29 is 23.5 Å². The highest BCUT2D eigenvalue weighted by Crippen LogP contribution is 2.44. The van der Waals surface area contributed by atoms with E-state index >= 15 is 0 Å². The number of aryl methyl sites for hydroxylation is 1. The first kappa shape index (κ1) is 21.2. The van der Waals surface area contributed by atoms with Crippen LogP contribution in [-0.4, -0.2) is 27.0 Å². The molecule has 1 N–H and O–H groups in total. The Hall–Kier alpha value is -3.63. The van der Waals surface area contributed by atoms with E-state index in [2.05, 4.69) is 22.3 Å². The first-order valence-corrected chi connectivity index (χ1v) is 11.7. The summed E-state index contributed by atoms with van der Waals surface area (Å²) in [5, 5.41) is 19.3. The Balaban J connectivity index is 1.44. The van der Waals surface area contributed by atoms with Gasteiger partial charge in [0.15, 0.2) is 15.9 Å². The first-order valence-electron chi connectivity index (χ1n) is 9.93. The average molecular weight is 480 g/mol. The van der Waals surface area contributed by atoms with Gasteiger partial charge in [-0.3, -0.25) is 14.5 Å². The summed E-state index contributed by atoms with van der Waals surface area (Å²) in [5.74, 6) is -1.01. The number of carbonyl (C=O) groups excluding carboxylic acids is 2. The van der Waals surface area contributed by atoms with Gasteiger partial charge in [0.1, 0.15) is 11.8 Å². The molecule has 1 atom stereocenters. The molecular formula is C23H17N3O5S2. The van der Waals surface area contributed by atoms with Crippen molar-refractivity contribution in [2.75, 3.05) is 4.90 Å². The Morgan fingerprint density at radius 3 is 2.58 bits per heavy atom. The number of benzene rings is 1. The number of hydrogen-bond acceptors (Lipinski definition) is 9. The van der Waals surface area contributed by atoms with Crippen LogP contribution in [0.25, 0.3) is 0 Å². The fourth-order valence-corrected chi connectivity index (χ4v) is 5.30. The van der Waals surface area contributed by atoms with Crippen LogP contribution in [-0.2, 0) is 10.5 Å². The third-order valence-corrected chi connectivity index (χ3v) is 7.22. The lowest BCUT2D eigenvalue weighted by atomic mass is 10.00. The quantitative estimate of drug-likeness (QED) is 0.221. The minimum absolute atomic E-state index is 0.00867. The van der Waals surface area contributed by atoms with E-state index in [0.717, 1.165) is 5.56 Å². The molecule has 3 aromatic heterocycles. The number of thioether (sulfide) groups is 1. The number of aliphatic hydroxyl groups excluding tert-OH is 1. The van der Waals surface area contributed by atoms with Crippen LogP contribution in [0.3, 0.4) is 0 Å². The molecule has 0 fully saturated rings. The molecule has 33 heavy (non-hydrogen) atoms. The van der Waals surface area contributed by atoms with Crippen molar-refractivity contribution >= 4 is 39.9 Å². The van der Waals surface area contributed by atoms with Crippen molar-refractivity contribution in [1.29, 1.82) is 0 Å². The van der Waals surface area contributed by atoms with Crippen LogP contribution in [0.2, 0.25) is 0 Å². The fraction of sp³-hybridized carbons (Fsp3) is 0.130. The van der Waals surface area contributed by atoms with E-state index < -0.39 is 23.5 Å². The summed E-state index contributed by atoms with van der Waals surface area (Å²) in [6.45, 7) is 2.03. The number of aromatic nitrogens is 2. The number of nitrogens with zero attached hydrogens (tertiary/aromatic N) is 3. The van der Waals surface area contributed by atoms with E-state index in [1.165, 1.54) is 52.2 Å². The number of Topliss-reactive ketones (excluding diaryl/α,β-unsaturated/α-hetero) is 1. The monoisotopic (exact) mass is 479 g/mol. The third-order valence-electron chi connectivity index (χ3n) is 5.10. The number of carbonyl (C=O) groups is 2. The highest BCUT2D eigenvalue weighted by atomic mass is 32.2. The number of furan rings is 2. The molecular weight excluding hydrogens is 462 g/mol. The van der Waals surface area contributed by atoms with Crippen LogP contribution in [0, 0.1) is 6.92 Å². The molecule has 10 heteroatoms. The zero-order valence-electron chi connectivity index (χ0n) is 17.3. The van der Waals surface area contributed by atoms with E-state index in [9.17, 15) is 14.7 Å². The zero-order chi connectivity index (χ0) is 22.9. The van der Waals surface area contributed by atoms with E-state index in [0.29, 0.717) is 15.9 Å². The van der Waals surface area contributed by atoms with Crippen LogP contribution >= 0.6 is 23.1 Å². The second kappa shape index (κ2) is 8.72. The normalized spacial score (nSPS) is 16.1. The summed E-state index contributed by atoms with van der Waals surface area (Å²) in [6, 6.07) is 13.5. The lowest BCUT2D eigenvalue weighted by Gasteiger charge is -2.21. The van der Waals surface area contributed by atoms with Crippen LogP contribution in [0.4, 0.5) is 5.13 Å².